The molecule has 5 aliphatic rings. The summed E-state index contributed by atoms with van der Waals surface area (Å²) < 4.78 is 0. The lowest BCUT2D eigenvalue weighted by atomic mass is 9.47. The fourth-order valence-electron chi connectivity index (χ4n) is 9.23. The van der Waals surface area contributed by atoms with Gasteiger partial charge in [-0.1, -0.05) is 30.7 Å². The number of carbonyl (C=O) groups excluding carboxylic acids is 2. The monoisotopic (exact) mass is 528 g/mol. The van der Waals surface area contributed by atoms with Gasteiger partial charge in [-0.25, -0.2) is 4.79 Å². The van der Waals surface area contributed by atoms with Crippen LogP contribution >= 0.6 is 0 Å². The Bertz CT molecular complexity index is 995. The minimum absolute atomic E-state index is 0.0607. The third-order valence-electron chi connectivity index (χ3n) is 11.3. The molecule has 0 bridgehead atoms. The lowest BCUT2D eigenvalue weighted by Crippen LogP contribution is -2.50. The first kappa shape index (κ1) is 27.6. The van der Waals surface area contributed by atoms with Gasteiger partial charge in [0.05, 0.1) is 17.9 Å². The third kappa shape index (κ3) is 4.91. The third-order valence-corrected chi connectivity index (χ3v) is 11.3. The fourth-order valence-corrected chi connectivity index (χ4v) is 9.23. The Kier molecular flexibility index (Phi) is 7.68. The second kappa shape index (κ2) is 10.6. The number of aliphatic hydroxyl groups is 1. The van der Waals surface area contributed by atoms with Crippen LogP contribution in [-0.4, -0.2) is 66.5 Å². The van der Waals surface area contributed by atoms with Gasteiger partial charge >= 0.3 is 6.09 Å². The second-order valence-electron chi connectivity index (χ2n) is 13.5. The Morgan fingerprint density at radius 1 is 1.13 bits per heavy atom. The number of rotatable bonds is 5. The number of nitrogens with zero attached hydrogens (tertiary/aromatic N) is 2. The van der Waals surface area contributed by atoms with E-state index in [1.54, 1.807) is 19.0 Å². The molecular formula is C30H48N4O4. The number of fused-ring (bicyclic) bond motifs is 5. The highest BCUT2D eigenvalue weighted by molar-refractivity contribution is 5.85. The van der Waals surface area contributed by atoms with Crippen molar-refractivity contribution < 1.29 is 19.5 Å². The summed E-state index contributed by atoms with van der Waals surface area (Å²) in [6.45, 7) is 7.36. The van der Waals surface area contributed by atoms with E-state index >= 15 is 0 Å². The number of allylic oxidation sites excluding steroid dienone is 1. The predicted molar refractivity (Wildman–Crippen MR) is 147 cm³/mol. The molecule has 1 aliphatic heterocycles. The van der Waals surface area contributed by atoms with E-state index in [-0.39, 0.29) is 34.9 Å². The number of oxime groups is 1. The summed E-state index contributed by atoms with van der Waals surface area (Å²) in [4.78, 5) is 31.5. The number of hydrogen-bond donors (Lipinski definition) is 3. The van der Waals surface area contributed by atoms with Crippen LogP contribution in [0.15, 0.2) is 16.8 Å². The van der Waals surface area contributed by atoms with Crippen molar-refractivity contribution in [3.63, 3.8) is 0 Å². The molecule has 1 heterocycles. The molecule has 0 aromatic rings. The van der Waals surface area contributed by atoms with Gasteiger partial charge in [-0.15, -0.1) is 0 Å². The normalized spacial score (nSPS) is 42.4. The maximum atomic E-state index is 12.4. The molecule has 0 spiro atoms. The Morgan fingerprint density at radius 3 is 2.68 bits per heavy atom. The van der Waals surface area contributed by atoms with Crippen LogP contribution < -0.4 is 10.6 Å². The highest BCUT2D eigenvalue weighted by Gasteiger charge is 2.59. The standard InChI is InChI=1S/C30H48N4O4/c1-18(33-38-28(37)31-17-20-7-11-26(32-20)27(36)34(4)5)23-9-10-24-22-8-6-19-16-21(35)12-14-29(19,2)25(22)13-15-30(23,24)3/h6,20-26,32,35H,7-17H2,1-5H3,(H,31,37)/b33-18+/t20?,21-,22-,23+,24-,25-,26?,29-,30+/m0/s1. The topological polar surface area (TPSA) is 103 Å². The quantitative estimate of drug-likeness (QED) is 0.214. The lowest BCUT2D eigenvalue weighted by Gasteiger charge is -2.58. The predicted octanol–water partition coefficient (Wildman–Crippen LogP) is 4.24. The van der Waals surface area contributed by atoms with Gasteiger partial charge in [0.2, 0.25) is 5.91 Å². The Balaban J connectivity index is 1.16. The molecule has 1 saturated heterocycles. The molecule has 38 heavy (non-hydrogen) atoms. The molecule has 5 rings (SSSR count). The van der Waals surface area contributed by atoms with Crippen molar-refractivity contribution >= 4 is 17.7 Å². The number of aliphatic hydroxyl groups excluding tert-OH is 1. The van der Waals surface area contributed by atoms with Crippen molar-refractivity contribution in [3.8, 4) is 0 Å². The molecule has 212 valence electrons. The Labute approximate surface area is 228 Å². The first-order valence-electron chi connectivity index (χ1n) is 14.9. The van der Waals surface area contributed by atoms with Crippen molar-refractivity contribution in [2.24, 2.45) is 39.7 Å². The van der Waals surface area contributed by atoms with Crippen LogP contribution in [0.2, 0.25) is 0 Å². The maximum Gasteiger partial charge on any atom is 0.433 e. The van der Waals surface area contributed by atoms with Crippen LogP contribution in [0.5, 0.6) is 0 Å². The molecular weight excluding hydrogens is 480 g/mol. The number of amides is 2. The van der Waals surface area contributed by atoms with Crippen LogP contribution in [-0.2, 0) is 9.63 Å². The zero-order valence-corrected chi connectivity index (χ0v) is 24.0. The molecule has 0 aromatic carbocycles. The van der Waals surface area contributed by atoms with E-state index in [2.05, 4.69) is 35.7 Å². The average Bonchev–Trinajstić information content (AvgIpc) is 3.50. The van der Waals surface area contributed by atoms with Gasteiger partial charge in [-0.05, 0) is 99.7 Å². The first-order valence-corrected chi connectivity index (χ1v) is 14.9. The van der Waals surface area contributed by atoms with Gasteiger partial charge in [0, 0.05) is 32.6 Å². The molecule has 3 saturated carbocycles. The van der Waals surface area contributed by atoms with E-state index < -0.39 is 6.09 Å². The molecule has 8 nitrogen and oxygen atoms in total. The summed E-state index contributed by atoms with van der Waals surface area (Å²) in [5.74, 6) is 2.48. The van der Waals surface area contributed by atoms with Crippen LogP contribution in [0.1, 0.15) is 85.0 Å². The molecule has 4 fully saturated rings. The van der Waals surface area contributed by atoms with E-state index in [9.17, 15) is 14.7 Å². The average molecular weight is 529 g/mol. The molecule has 8 heteroatoms. The van der Waals surface area contributed by atoms with Crippen LogP contribution in [0.3, 0.4) is 0 Å². The van der Waals surface area contributed by atoms with Gasteiger partial charge in [-0.2, -0.15) is 0 Å². The largest absolute Gasteiger partial charge is 0.433 e. The zero-order valence-electron chi connectivity index (χ0n) is 24.0. The summed E-state index contributed by atoms with van der Waals surface area (Å²) in [5, 5.41) is 20.7. The van der Waals surface area contributed by atoms with E-state index in [1.807, 2.05) is 6.92 Å². The van der Waals surface area contributed by atoms with Gasteiger partial charge < -0.3 is 20.6 Å². The van der Waals surface area contributed by atoms with Crippen LogP contribution in [0.4, 0.5) is 4.79 Å². The minimum Gasteiger partial charge on any atom is -0.393 e. The molecule has 2 unspecified atom stereocenters. The van der Waals surface area contributed by atoms with Crippen LogP contribution in [0.25, 0.3) is 0 Å². The van der Waals surface area contributed by atoms with E-state index in [0.717, 1.165) is 50.7 Å². The number of hydrogen-bond acceptors (Lipinski definition) is 6. The maximum absolute atomic E-state index is 12.4. The molecule has 2 amide bonds. The van der Waals surface area contributed by atoms with Crippen molar-refractivity contribution in [1.29, 1.82) is 0 Å². The first-order chi connectivity index (χ1) is 18.0. The summed E-state index contributed by atoms with van der Waals surface area (Å²) >= 11 is 0. The summed E-state index contributed by atoms with van der Waals surface area (Å²) in [5.41, 5.74) is 2.88. The number of likely N-dealkylation sites (N-methyl/N-ethyl adjacent to an activating group) is 1. The number of nitrogens with one attached hydrogen (secondary N) is 2. The molecule has 3 N–H and O–H groups in total. The smallest absolute Gasteiger partial charge is 0.393 e. The fraction of sp³-hybridized carbons (Fsp3) is 0.833. The van der Waals surface area contributed by atoms with E-state index in [1.165, 1.54) is 24.8 Å². The number of carbonyl (C=O) groups is 2. The minimum atomic E-state index is -0.533. The molecule has 0 aromatic heterocycles. The highest BCUT2D eigenvalue weighted by atomic mass is 16.7. The van der Waals surface area contributed by atoms with E-state index in [4.69, 9.17) is 4.84 Å². The Morgan fingerprint density at radius 2 is 1.92 bits per heavy atom. The SMILES string of the molecule is C/C(=N\OC(=O)NCC1CCC(C(=O)N(C)C)N1)[C@H]1CC[C@H]2[C@@H]3CC=C4C[C@@H](O)CC[C@]4(C)[C@H]3CC[C@]12C. The van der Waals surface area contributed by atoms with Crippen molar-refractivity contribution in [2.45, 2.75) is 103 Å². The Hall–Kier alpha value is -1.93. The zero-order chi connectivity index (χ0) is 27.2. The molecule has 4 aliphatic carbocycles. The second-order valence-corrected chi connectivity index (χ2v) is 13.5. The summed E-state index contributed by atoms with van der Waals surface area (Å²) in [6, 6.07) is -0.122. The summed E-state index contributed by atoms with van der Waals surface area (Å²) in [6.07, 6.45) is 12.2. The van der Waals surface area contributed by atoms with Crippen molar-refractivity contribution in [1.82, 2.24) is 15.5 Å². The van der Waals surface area contributed by atoms with E-state index in [0.29, 0.717) is 30.2 Å². The summed E-state index contributed by atoms with van der Waals surface area (Å²) in [7, 11) is 3.52. The molecule has 9 atom stereocenters. The van der Waals surface area contributed by atoms with Gasteiger partial charge in [0.1, 0.15) is 0 Å². The van der Waals surface area contributed by atoms with Gasteiger partial charge in [0.25, 0.3) is 0 Å². The van der Waals surface area contributed by atoms with Crippen molar-refractivity contribution in [3.05, 3.63) is 11.6 Å². The van der Waals surface area contributed by atoms with Gasteiger partial charge in [-0.3, -0.25) is 9.63 Å². The van der Waals surface area contributed by atoms with Crippen molar-refractivity contribution in [2.75, 3.05) is 20.6 Å². The highest BCUT2D eigenvalue weighted by Crippen LogP contribution is 2.66. The van der Waals surface area contributed by atoms with Crippen LogP contribution in [0, 0.1) is 34.5 Å². The van der Waals surface area contributed by atoms with Gasteiger partial charge in [0.15, 0.2) is 0 Å². The molecule has 0 radical (unpaired) electrons. The lowest BCUT2D eigenvalue weighted by molar-refractivity contribution is -0.130.